The first kappa shape index (κ1) is 28.0. The van der Waals surface area contributed by atoms with Crippen molar-refractivity contribution in [3.8, 4) is 11.5 Å². The number of amidine groups is 1. The number of aliphatic hydroxyl groups is 1. The number of amides is 1. The predicted octanol–water partition coefficient (Wildman–Crippen LogP) is 3.29. The van der Waals surface area contributed by atoms with Crippen LogP contribution in [0.15, 0.2) is 24.3 Å². The molecule has 0 aliphatic carbocycles. The first-order valence-electron chi connectivity index (χ1n) is 12.4. The SMILES string of the molecule is CNC(=O)c1cc2c(cc1N(C)C)CN(CC(=O)c1cc(OCCCCO)c(O)c(C(C)(C)C)c1)C2=N. The number of Topliss-reactive ketones (excluding diaryl/α,β-unsaturated/α-hetero) is 1. The maximum atomic E-state index is 13.4. The Morgan fingerprint density at radius 1 is 1.16 bits per heavy atom. The fourth-order valence-electron chi connectivity index (χ4n) is 4.37. The van der Waals surface area contributed by atoms with Crippen molar-refractivity contribution in [2.24, 2.45) is 0 Å². The van der Waals surface area contributed by atoms with Crippen LogP contribution < -0.4 is 15.0 Å². The molecule has 37 heavy (non-hydrogen) atoms. The van der Waals surface area contributed by atoms with E-state index in [9.17, 15) is 14.7 Å². The summed E-state index contributed by atoms with van der Waals surface area (Å²) in [6.07, 6.45) is 1.20. The van der Waals surface area contributed by atoms with Crippen molar-refractivity contribution in [2.75, 3.05) is 45.8 Å². The molecule has 0 unspecified atom stereocenters. The lowest BCUT2D eigenvalue weighted by Gasteiger charge is -2.24. The summed E-state index contributed by atoms with van der Waals surface area (Å²) in [6, 6.07) is 6.86. The zero-order valence-corrected chi connectivity index (χ0v) is 22.6. The number of ether oxygens (including phenoxy) is 1. The van der Waals surface area contributed by atoms with Gasteiger partial charge < -0.3 is 30.1 Å². The molecule has 0 fully saturated rings. The van der Waals surface area contributed by atoms with Gasteiger partial charge in [-0.15, -0.1) is 0 Å². The Bertz CT molecular complexity index is 1200. The summed E-state index contributed by atoms with van der Waals surface area (Å²) in [4.78, 5) is 29.4. The summed E-state index contributed by atoms with van der Waals surface area (Å²) in [5.41, 5.74) is 3.29. The van der Waals surface area contributed by atoms with Gasteiger partial charge in [0.25, 0.3) is 5.91 Å². The van der Waals surface area contributed by atoms with Gasteiger partial charge in [-0.3, -0.25) is 15.0 Å². The van der Waals surface area contributed by atoms with Crippen LogP contribution in [0, 0.1) is 5.41 Å². The number of phenols is 1. The molecule has 1 aliphatic rings. The van der Waals surface area contributed by atoms with Crippen molar-refractivity contribution in [1.29, 1.82) is 5.41 Å². The standard InChI is InChI=1S/C28H38N4O5/c1-28(2,3)21-11-17(13-24(25(21)35)37-10-8-7-9-33)23(34)16-32-15-18-12-22(31(5)6)20(27(36)30-4)14-19(18)26(32)29/h11-14,29,33,35H,7-10,15-16H2,1-6H3,(H,30,36). The van der Waals surface area contributed by atoms with Crippen molar-refractivity contribution in [2.45, 2.75) is 45.6 Å². The van der Waals surface area contributed by atoms with Crippen LogP contribution in [0.25, 0.3) is 0 Å². The van der Waals surface area contributed by atoms with Gasteiger partial charge in [0.15, 0.2) is 17.3 Å². The van der Waals surface area contributed by atoms with Crippen LogP contribution in [0.4, 0.5) is 5.69 Å². The average molecular weight is 511 g/mol. The Labute approximate surface area is 218 Å². The molecule has 0 saturated carbocycles. The summed E-state index contributed by atoms with van der Waals surface area (Å²) >= 11 is 0. The number of hydrogen-bond acceptors (Lipinski definition) is 7. The number of unbranched alkanes of at least 4 members (excludes halogenated alkanes) is 1. The number of phenolic OH excluding ortho intramolecular Hbond substituents is 1. The molecule has 200 valence electrons. The highest BCUT2D eigenvalue weighted by Crippen LogP contribution is 2.39. The minimum absolute atomic E-state index is 0.00677. The number of benzene rings is 2. The Kier molecular flexibility index (Phi) is 8.48. The zero-order chi connectivity index (χ0) is 27.5. The lowest BCUT2D eigenvalue weighted by atomic mass is 9.84. The van der Waals surface area contributed by atoms with Gasteiger partial charge in [-0.25, -0.2) is 0 Å². The first-order valence-corrected chi connectivity index (χ1v) is 12.4. The van der Waals surface area contributed by atoms with Gasteiger partial charge in [-0.2, -0.15) is 0 Å². The maximum Gasteiger partial charge on any atom is 0.253 e. The summed E-state index contributed by atoms with van der Waals surface area (Å²) in [5.74, 6) is -0.0115. The summed E-state index contributed by atoms with van der Waals surface area (Å²) < 4.78 is 5.78. The van der Waals surface area contributed by atoms with Gasteiger partial charge in [0.2, 0.25) is 0 Å². The van der Waals surface area contributed by atoms with E-state index < -0.39 is 5.41 Å². The van der Waals surface area contributed by atoms with Gasteiger partial charge in [-0.1, -0.05) is 20.8 Å². The molecule has 0 saturated heterocycles. The van der Waals surface area contributed by atoms with Gasteiger partial charge in [0, 0.05) is 56.7 Å². The van der Waals surface area contributed by atoms with Crippen LogP contribution in [0.5, 0.6) is 11.5 Å². The average Bonchev–Trinajstić information content (AvgIpc) is 3.14. The second-order valence-corrected chi connectivity index (χ2v) is 10.5. The maximum absolute atomic E-state index is 13.4. The number of nitrogens with zero attached hydrogens (tertiary/aromatic N) is 2. The highest BCUT2D eigenvalue weighted by atomic mass is 16.5. The number of carbonyl (C=O) groups is 2. The molecule has 0 radical (unpaired) electrons. The van der Waals surface area contributed by atoms with Gasteiger partial charge in [-0.05, 0) is 48.1 Å². The third-order valence-corrected chi connectivity index (χ3v) is 6.46. The van der Waals surface area contributed by atoms with Crippen LogP contribution in [0.1, 0.15) is 71.0 Å². The minimum Gasteiger partial charge on any atom is -0.504 e. The highest BCUT2D eigenvalue weighted by molar-refractivity contribution is 6.08. The van der Waals surface area contributed by atoms with Gasteiger partial charge in [0.1, 0.15) is 5.84 Å². The molecule has 3 rings (SSSR count). The summed E-state index contributed by atoms with van der Waals surface area (Å²) in [6.45, 7) is 6.57. The molecule has 4 N–H and O–H groups in total. The topological polar surface area (TPSA) is 126 Å². The molecular formula is C28H38N4O5. The zero-order valence-electron chi connectivity index (χ0n) is 22.6. The second-order valence-electron chi connectivity index (χ2n) is 10.5. The molecule has 1 aliphatic heterocycles. The molecule has 0 spiro atoms. The van der Waals surface area contributed by atoms with E-state index in [-0.39, 0.29) is 42.2 Å². The van der Waals surface area contributed by atoms with E-state index in [2.05, 4.69) is 5.32 Å². The van der Waals surface area contributed by atoms with Crippen LogP contribution in [0.3, 0.4) is 0 Å². The first-order chi connectivity index (χ1) is 17.4. The normalized spacial score (nSPS) is 12.9. The fourth-order valence-corrected chi connectivity index (χ4v) is 4.37. The number of fused-ring (bicyclic) bond motifs is 1. The molecule has 9 nitrogen and oxygen atoms in total. The number of ketones is 1. The Morgan fingerprint density at radius 2 is 1.86 bits per heavy atom. The molecule has 0 bridgehead atoms. The lowest BCUT2D eigenvalue weighted by Crippen LogP contribution is -2.30. The van der Waals surface area contributed by atoms with E-state index in [1.807, 2.05) is 45.8 Å². The van der Waals surface area contributed by atoms with Crippen LogP contribution in [-0.4, -0.2) is 73.5 Å². The monoisotopic (exact) mass is 510 g/mol. The van der Waals surface area contributed by atoms with Crippen molar-refractivity contribution in [3.05, 3.63) is 52.1 Å². The number of nitrogens with one attached hydrogen (secondary N) is 2. The Balaban J connectivity index is 1.89. The molecule has 0 atom stereocenters. The molecular weight excluding hydrogens is 472 g/mol. The number of rotatable bonds is 10. The molecule has 0 aromatic heterocycles. The molecule has 1 heterocycles. The quantitative estimate of drug-likeness (QED) is 0.285. The number of aromatic hydroxyl groups is 1. The fraction of sp³-hybridized carbons (Fsp3) is 0.464. The Hall–Kier alpha value is -3.59. The van der Waals surface area contributed by atoms with E-state index >= 15 is 0 Å². The van der Waals surface area contributed by atoms with Crippen molar-refractivity contribution in [3.63, 3.8) is 0 Å². The van der Waals surface area contributed by atoms with E-state index in [0.717, 1.165) is 11.3 Å². The van der Waals surface area contributed by atoms with Crippen molar-refractivity contribution in [1.82, 2.24) is 10.2 Å². The molecule has 2 aromatic rings. The number of hydrogen-bond donors (Lipinski definition) is 4. The van der Waals surface area contributed by atoms with E-state index in [1.165, 1.54) is 0 Å². The number of anilines is 1. The van der Waals surface area contributed by atoms with Gasteiger partial charge >= 0.3 is 0 Å². The van der Waals surface area contributed by atoms with E-state index in [0.29, 0.717) is 48.2 Å². The minimum atomic E-state index is -0.432. The third-order valence-electron chi connectivity index (χ3n) is 6.46. The van der Waals surface area contributed by atoms with Crippen molar-refractivity contribution < 1.29 is 24.5 Å². The molecule has 2 aromatic carbocycles. The molecule has 9 heteroatoms. The van der Waals surface area contributed by atoms with Crippen molar-refractivity contribution >= 4 is 23.2 Å². The summed E-state index contributed by atoms with van der Waals surface area (Å²) in [7, 11) is 5.28. The van der Waals surface area contributed by atoms with Crippen LogP contribution >= 0.6 is 0 Å². The highest BCUT2D eigenvalue weighted by Gasteiger charge is 2.30. The second kappa shape index (κ2) is 11.2. The molecule has 1 amide bonds. The van der Waals surface area contributed by atoms with Crippen LogP contribution in [-0.2, 0) is 12.0 Å². The van der Waals surface area contributed by atoms with Crippen LogP contribution in [0.2, 0.25) is 0 Å². The Morgan fingerprint density at radius 3 is 2.46 bits per heavy atom. The number of aliphatic hydroxyl groups excluding tert-OH is 1. The van der Waals surface area contributed by atoms with Gasteiger partial charge in [0.05, 0.1) is 18.7 Å². The smallest absolute Gasteiger partial charge is 0.253 e. The third kappa shape index (κ3) is 6.05. The number of carbonyl (C=O) groups excluding carboxylic acids is 2. The summed E-state index contributed by atoms with van der Waals surface area (Å²) in [5, 5.41) is 31.2. The van der Waals surface area contributed by atoms with E-state index in [1.54, 1.807) is 30.1 Å². The lowest BCUT2D eigenvalue weighted by molar-refractivity contribution is 0.0955. The van der Waals surface area contributed by atoms with E-state index in [4.69, 9.17) is 15.3 Å². The largest absolute Gasteiger partial charge is 0.504 e. The predicted molar refractivity (Wildman–Crippen MR) is 144 cm³/mol.